The van der Waals surface area contributed by atoms with E-state index in [4.69, 9.17) is 0 Å². The molecule has 0 amide bonds. The van der Waals surface area contributed by atoms with E-state index in [0.717, 1.165) is 10.4 Å². The summed E-state index contributed by atoms with van der Waals surface area (Å²) in [5.41, 5.74) is 2.48. The lowest BCUT2D eigenvalue weighted by molar-refractivity contribution is 0.690. The minimum absolute atomic E-state index is 0.476. The maximum Gasteiger partial charge on any atom is 0.0635 e. The van der Waals surface area contributed by atoms with Crippen molar-refractivity contribution in [2.45, 2.75) is 25.8 Å². The molecule has 1 atom stereocenters. The molecular formula is C15H16BrNS. The summed E-state index contributed by atoms with van der Waals surface area (Å²) in [6, 6.07) is 11.3. The second-order valence-electron chi connectivity index (χ2n) is 4.96. The van der Waals surface area contributed by atoms with Crippen molar-refractivity contribution in [2.24, 2.45) is 5.92 Å². The maximum atomic E-state index is 3.70. The number of anilines is 1. The standard InChI is InChI=1S/C15H16BrNS/c1-10-4-7-13(12(16)9-10)17-15(11-5-6-11)14-3-2-8-18-14/h2-4,7-9,11,15,17H,5-6H2,1H3. The molecule has 1 heterocycles. The molecule has 1 aliphatic carbocycles. The molecule has 1 fully saturated rings. The number of hydrogen-bond acceptors (Lipinski definition) is 2. The van der Waals surface area contributed by atoms with Gasteiger partial charge in [-0.1, -0.05) is 12.1 Å². The Kier molecular flexibility index (Phi) is 3.44. The summed E-state index contributed by atoms with van der Waals surface area (Å²) in [6.45, 7) is 2.12. The predicted molar refractivity (Wildman–Crippen MR) is 82.3 cm³/mol. The van der Waals surface area contributed by atoms with Crippen LogP contribution in [0.3, 0.4) is 0 Å². The Morgan fingerprint density at radius 2 is 2.17 bits per heavy atom. The highest BCUT2D eigenvalue weighted by Crippen LogP contribution is 2.44. The molecule has 94 valence electrons. The van der Waals surface area contributed by atoms with Gasteiger partial charge < -0.3 is 5.32 Å². The summed E-state index contributed by atoms with van der Waals surface area (Å²) in [6.07, 6.45) is 2.69. The van der Waals surface area contributed by atoms with Crippen LogP contribution in [-0.2, 0) is 0 Å². The quantitative estimate of drug-likeness (QED) is 0.796. The molecule has 0 aliphatic heterocycles. The van der Waals surface area contributed by atoms with E-state index in [-0.39, 0.29) is 0 Å². The molecule has 3 rings (SSSR count). The van der Waals surface area contributed by atoms with Crippen molar-refractivity contribution in [3.63, 3.8) is 0 Å². The van der Waals surface area contributed by atoms with Gasteiger partial charge in [-0.25, -0.2) is 0 Å². The summed E-state index contributed by atoms with van der Waals surface area (Å²) >= 11 is 5.50. The largest absolute Gasteiger partial charge is 0.376 e. The van der Waals surface area contributed by atoms with E-state index in [1.165, 1.54) is 29.0 Å². The highest BCUT2D eigenvalue weighted by Gasteiger charge is 2.33. The van der Waals surface area contributed by atoms with Gasteiger partial charge in [0.25, 0.3) is 0 Å². The molecule has 0 spiro atoms. The molecule has 3 heteroatoms. The lowest BCUT2D eigenvalue weighted by Gasteiger charge is -2.19. The van der Waals surface area contributed by atoms with Gasteiger partial charge in [-0.3, -0.25) is 0 Å². The van der Waals surface area contributed by atoms with Crippen molar-refractivity contribution in [1.29, 1.82) is 0 Å². The predicted octanol–water partition coefficient (Wildman–Crippen LogP) is 5.38. The van der Waals surface area contributed by atoms with Gasteiger partial charge in [-0.15, -0.1) is 11.3 Å². The molecule has 1 saturated carbocycles. The van der Waals surface area contributed by atoms with Crippen LogP contribution in [0.1, 0.15) is 29.3 Å². The fraction of sp³-hybridized carbons (Fsp3) is 0.333. The van der Waals surface area contributed by atoms with Crippen molar-refractivity contribution in [2.75, 3.05) is 5.32 Å². The number of rotatable bonds is 4. The molecule has 1 aromatic carbocycles. The first kappa shape index (κ1) is 12.2. The van der Waals surface area contributed by atoms with Crippen LogP contribution in [0.25, 0.3) is 0 Å². The normalized spacial score (nSPS) is 16.6. The van der Waals surface area contributed by atoms with Gasteiger partial charge in [0.15, 0.2) is 0 Å². The minimum atomic E-state index is 0.476. The molecule has 1 nitrogen and oxygen atoms in total. The Labute approximate surface area is 120 Å². The average Bonchev–Trinajstić information content (AvgIpc) is 3.03. The molecule has 18 heavy (non-hydrogen) atoms. The summed E-state index contributed by atoms with van der Waals surface area (Å²) in [5.74, 6) is 0.803. The summed E-state index contributed by atoms with van der Waals surface area (Å²) in [5, 5.41) is 5.87. The van der Waals surface area contributed by atoms with Crippen molar-refractivity contribution in [3.05, 3.63) is 50.6 Å². The van der Waals surface area contributed by atoms with Crippen LogP contribution < -0.4 is 5.32 Å². The monoisotopic (exact) mass is 321 g/mol. The summed E-state index contributed by atoms with van der Waals surface area (Å²) in [7, 11) is 0. The number of nitrogens with one attached hydrogen (secondary N) is 1. The van der Waals surface area contributed by atoms with E-state index in [9.17, 15) is 0 Å². The Bertz CT molecular complexity index is 531. The second-order valence-corrected chi connectivity index (χ2v) is 6.79. The highest BCUT2D eigenvalue weighted by atomic mass is 79.9. The van der Waals surface area contributed by atoms with Gasteiger partial charge in [0, 0.05) is 15.0 Å². The molecule has 0 saturated heterocycles. The van der Waals surface area contributed by atoms with Gasteiger partial charge >= 0.3 is 0 Å². The summed E-state index contributed by atoms with van der Waals surface area (Å²) < 4.78 is 1.16. The van der Waals surface area contributed by atoms with Crippen molar-refractivity contribution in [3.8, 4) is 0 Å². The maximum absolute atomic E-state index is 3.70. The number of benzene rings is 1. The first-order valence-corrected chi connectivity index (χ1v) is 7.97. The van der Waals surface area contributed by atoms with E-state index in [1.807, 2.05) is 11.3 Å². The Morgan fingerprint density at radius 1 is 1.33 bits per heavy atom. The lowest BCUT2D eigenvalue weighted by Crippen LogP contribution is -2.11. The van der Waals surface area contributed by atoms with E-state index >= 15 is 0 Å². The molecule has 1 aromatic heterocycles. The topological polar surface area (TPSA) is 12.0 Å². The minimum Gasteiger partial charge on any atom is -0.376 e. The highest BCUT2D eigenvalue weighted by molar-refractivity contribution is 9.10. The zero-order chi connectivity index (χ0) is 12.5. The van der Waals surface area contributed by atoms with Gasteiger partial charge in [-0.05, 0) is 70.8 Å². The van der Waals surface area contributed by atoms with Gasteiger partial charge in [0.2, 0.25) is 0 Å². The first-order chi connectivity index (χ1) is 8.74. The Morgan fingerprint density at radius 3 is 2.78 bits per heavy atom. The van der Waals surface area contributed by atoms with Gasteiger partial charge in [0.1, 0.15) is 0 Å². The molecule has 2 aromatic rings. The average molecular weight is 322 g/mol. The van der Waals surface area contributed by atoms with Crippen LogP contribution in [0.15, 0.2) is 40.2 Å². The smallest absolute Gasteiger partial charge is 0.0635 e. The zero-order valence-corrected chi connectivity index (χ0v) is 12.7. The molecule has 1 N–H and O–H groups in total. The number of thiophene rings is 1. The number of aryl methyl sites for hydroxylation is 1. The van der Waals surface area contributed by atoms with Crippen molar-refractivity contribution < 1.29 is 0 Å². The van der Waals surface area contributed by atoms with Gasteiger partial charge in [0.05, 0.1) is 6.04 Å². The van der Waals surface area contributed by atoms with Crippen LogP contribution in [0.2, 0.25) is 0 Å². The van der Waals surface area contributed by atoms with Crippen LogP contribution in [0, 0.1) is 12.8 Å². The van der Waals surface area contributed by atoms with Crippen LogP contribution in [0.4, 0.5) is 5.69 Å². The third-order valence-corrected chi connectivity index (χ3v) is 4.99. The van der Waals surface area contributed by atoms with E-state index in [1.54, 1.807) is 0 Å². The van der Waals surface area contributed by atoms with Gasteiger partial charge in [-0.2, -0.15) is 0 Å². The summed E-state index contributed by atoms with van der Waals surface area (Å²) in [4.78, 5) is 1.45. The molecule has 0 radical (unpaired) electrons. The fourth-order valence-electron chi connectivity index (χ4n) is 2.22. The molecule has 1 unspecified atom stereocenters. The molecule has 1 aliphatic rings. The third kappa shape index (κ3) is 2.62. The SMILES string of the molecule is Cc1ccc(NC(c2cccs2)C2CC2)c(Br)c1. The van der Waals surface area contributed by atoms with Crippen molar-refractivity contribution in [1.82, 2.24) is 0 Å². The van der Waals surface area contributed by atoms with E-state index < -0.39 is 0 Å². The first-order valence-electron chi connectivity index (χ1n) is 6.30. The zero-order valence-electron chi connectivity index (χ0n) is 10.3. The van der Waals surface area contributed by atoms with Crippen LogP contribution >= 0.6 is 27.3 Å². The van der Waals surface area contributed by atoms with Crippen molar-refractivity contribution >= 4 is 33.0 Å². The third-order valence-electron chi connectivity index (χ3n) is 3.38. The van der Waals surface area contributed by atoms with E-state index in [0.29, 0.717) is 6.04 Å². The van der Waals surface area contributed by atoms with E-state index in [2.05, 4.69) is 63.9 Å². The fourth-order valence-corrected chi connectivity index (χ4v) is 3.70. The molecular weight excluding hydrogens is 306 g/mol. The molecule has 0 bridgehead atoms. The van der Waals surface area contributed by atoms with Crippen LogP contribution in [-0.4, -0.2) is 0 Å². The Hall–Kier alpha value is -0.800. The lowest BCUT2D eigenvalue weighted by atomic mass is 10.1. The number of halogens is 1. The number of hydrogen-bond donors (Lipinski definition) is 1. The Balaban J connectivity index is 1.84. The second kappa shape index (κ2) is 5.06. The van der Waals surface area contributed by atoms with Crippen LogP contribution in [0.5, 0.6) is 0 Å².